The first-order valence-electron chi connectivity index (χ1n) is 12.0. The van der Waals surface area contributed by atoms with E-state index in [4.69, 9.17) is 9.16 Å². The van der Waals surface area contributed by atoms with E-state index in [2.05, 4.69) is 33.9 Å². The molecule has 4 nitrogen and oxygen atoms in total. The molecule has 2 aromatic rings. The molecule has 0 saturated heterocycles. The molecular formula is C28H42O4SSi. The van der Waals surface area contributed by atoms with E-state index in [0.717, 1.165) is 11.1 Å². The van der Waals surface area contributed by atoms with E-state index in [1.807, 2.05) is 81.4 Å². The van der Waals surface area contributed by atoms with Crippen molar-refractivity contribution in [2.75, 3.05) is 0 Å². The van der Waals surface area contributed by atoms with Crippen molar-refractivity contribution in [1.29, 1.82) is 0 Å². The van der Waals surface area contributed by atoms with Crippen LogP contribution in [0.15, 0.2) is 60.7 Å². The summed E-state index contributed by atoms with van der Waals surface area (Å²) in [7, 11) is -2.23. The molecule has 188 valence electrons. The fraction of sp³-hybridized carbons (Fsp3) is 0.536. The Labute approximate surface area is 211 Å². The summed E-state index contributed by atoms with van der Waals surface area (Å²) in [5, 5.41) is 11.3. The van der Waals surface area contributed by atoms with Crippen molar-refractivity contribution >= 4 is 25.2 Å². The number of aliphatic hydroxyl groups excluding tert-OH is 1. The second-order valence-corrected chi connectivity index (χ2v) is 18.0. The van der Waals surface area contributed by atoms with Crippen molar-refractivity contribution in [1.82, 2.24) is 0 Å². The minimum absolute atomic E-state index is 0.00554. The van der Waals surface area contributed by atoms with Crippen LogP contribution in [0.4, 0.5) is 0 Å². The number of aliphatic hydroxyl groups is 1. The van der Waals surface area contributed by atoms with Gasteiger partial charge in [-0.2, -0.15) is 0 Å². The minimum Gasteiger partial charge on any atom is -0.407 e. The minimum atomic E-state index is -2.23. The highest BCUT2D eigenvalue weighted by Gasteiger charge is 2.43. The molecule has 0 unspecified atom stereocenters. The van der Waals surface area contributed by atoms with Gasteiger partial charge in [0.1, 0.15) is 6.10 Å². The number of benzene rings is 2. The molecule has 0 fully saturated rings. The van der Waals surface area contributed by atoms with Gasteiger partial charge in [0.2, 0.25) is 0 Å². The first-order chi connectivity index (χ1) is 15.7. The first kappa shape index (κ1) is 28.8. The maximum Gasteiger partial charge on any atom is 0.193 e. The van der Waals surface area contributed by atoms with Gasteiger partial charge in [-0.1, -0.05) is 114 Å². The molecule has 0 radical (unpaired) electrons. The van der Waals surface area contributed by atoms with Gasteiger partial charge in [0.05, 0.1) is 18.8 Å². The number of carbonyl (C=O) groups excluding carboxylic acids is 1. The Kier molecular flexibility index (Phi) is 10.2. The highest BCUT2D eigenvalue weighted by Crippen LogP contribution is 2.42. The molecular weight excluding hydrogens is 460 g/mol. The number of carbonyl (C=O) groups is 1. The molecule has 0 bridgehead atoms. The SMILES string of the molecule is CC(C)(C)SC(=O)C[C@@H](O)[C@H](OCc1ccccc1)[C@H](O[Si](C)(C)C(C)(C)C)c1ccccc1. The van der Waals surface area contributed by atoms with Crippen LogP contribution in [0.5, 0.6) is 0 Å². The predicted molar refractivity (Wildman–Crippen MR) is 145 cm³/mol. The fourth-order valence-corrected chi connectivity index (χ4v) is 5.49. The van der Waals surface area contributed by atoms with E-state index in [0.29, 0.717) is 6.61 Å². The molecule has 1 N–H and O–H groups in total. The summed E-state index contributed by atoms with van der Waals surface area (Å²) in [6.07, 6.45) is -2.18. The van der Waals surface area contributed by atoms with Crippen LogP contribution in [-0.4, -0.2) is 35.5 Å². The number of hydrogen-bond donors (Lipinski definition) is 1. The lowest BCUT2D eigenvalue weighted by molar-refractivity contribution is -0.124. The van der Waals surface area contributed by atoms with Gasteiger partial charge in [0, 0.05) is 11.2 Å². The van der Waals surface area contributed by atoms with Crippen molar-refractivity contribution in [3.63, 3.8) is 0 Å². The highest BCUT2D eigenvalue weighted by molar-refractivity contribution is 8.14. The smallest absolute Gasteiger partial charge is 0.193 e. The summed E-state index contributed by atoms with van der Waals surface area (Å²) < 4.78 is 13.0. The van der Waals surface area contributed by atoms with Crippen LogP contribution < -0.4 is 0 Å². The third kappa shape index (κ3) is 8.97. The predicted octanol–water partition coefficient (Wildman–Crippen LogP) is 7.14. The molecule has 34 heavy (non-hydrogen) atoms. The van der Waals surface area contributed by atoms with Crippen LogP contribution in [0.3, 0.4) is 0 Å². The van der Waals surface area contributed by atoms with E-state index in [9.17, 15) is 9.90 Å². The van der Waals surface area contributed by atoms with Crippen LogP contribution in [0.2, 0.25) is 18.1 Å². The van der Waals surface area contributed by atoms with Gasteiger partial charge < -0.3 is 14.3 Å². The molecule has 0 aliphatic rings. The van der Waals surface area contributed by atoms with Gasteiger partial charge in [0.15, 0.2) is 13.4 Å². The third-order valence-electron chi connectivity index (χ3n) is 6.11. The molecule has 0 amide bonds. The monoisotopic (exact) mass is 502 g/mol. The molecule has 6 heteroatoms. The lowest BCUT2D eigenvalue weighted by Gasteiger charge is -2.42. The molecule has 0 spiro atoms. The van der Waals surface area contributed by atoms with Gasteiger partial charge in [-0.05, 0) is 29.3 Å². The Hall–Kier alpha value is -1.44. The summed E-state index contributed by atoms with van der Waals surface area (Å²) in [5.41, 5.74) is 1.95. The molecule has 0 aliphatic carbocycles. The van der Waals surface area contributed by atoms with Crippen LogP contribution in [-0.2, 0) is 20.6 Å². The zero-order valence-electron chi connectivity index (χ0n) is 22.0. The van der Waals surface area contributed by atoms with Gasteiger partial charge in [-0.25, -0.2) is 0 Å². The maximum absolute atomic E-state index is 12.8. The number of thioether (sulfide) groups is 1. The van der Waals surface area contributed by atoms with Crippen molar-refractivity contribution in [3.05, 3.63) is 71.8 Å². The van der Waals surface area contributed by atoms with Gasteiger partial charge in [0.25, 0.3) is 0 Å². The Bertz CT molecular complexity index is 888. The molecule has 3 atom stereocenters. The summed E-state index contributed by atoms with van der Waals surface area (Å²) in [5.74, 6) is 0. The third-order valence-corrected chi connectivity index (χ3v) is 11.6. The van der Waals surface area contributed by atoms with E-state index >= 15 is 0 Å². The maximum atomic E-state index is 12.8. The van der Waals surface area contributed by atoms with Crippen LogP contribution in [0.25, 0.3) is 0 Å². The zero-order valence-corrected chi connectivity index (χ0v) is 23.8. The molecule has 2 rings (SSSR count). The summed E-state index contributed by atoms with van der Waals surface area (Å²) in [4.78, 5) is 12.8. The Balaban J connectivity index is 2.41. The van der Waals surface area contributed by atoms with Gasteiger partial charge in [-0.15, -0.1) is 0 Å². The number of ether oxygens (including phenoxy) is 1. The van der Waals surface area contributed by atoms with Crippen molar-refractivity contribution in [3.8, 4) is 0 Å². The molecule has 0 heterocycles. The largest absolute Gasteiger partial charge is 0.407 e. The fourth-order valence-electron chi connectivity index (χ4n) is 3.30. The topological polar surface area (TPSA) is 55.8 Å². The molecule has 0 aromatic heterocycles. The average Bonchev–Trinajstić information content (AvgIpc) is 2.72. The zero-order chi connectivity index (χ0) is 25.6. The highest BCUT2D eigenvalue weighted by atomic mass is 32.2. The molecule has 2 aromatic carbocycles. The van der Waals surface area contributed by atoms with Crippen molar-refractivity contribution in [2.45, 2.75) is 95.8 Å². The van der Waals surface area contributed by atoms with Gasteiger partial charge >= 0.3 is 0 Å². The quantitative estimate of drug-likeness (QED) is 0.350. The lowest BCUT2D eigenvalue weighted by atomic mass is 9.98. The van der Waals surface area contributed by atoms with E-state index in [1.165, 1.54) is 11.8 Å². The molecule has 0 saturated carbocycles. The van der Waals surface area contributed by atoms with Gasteiger partial charge in [-0.3, -0.25) is 4.79 Å². The second kappa shape index (κ2) is 12.0. The standard InChI is InChI=1S/C28H42O4SSi/c1-27(2,3)33-24(30)19-23(29)26(31-20-21-15-11-9-12-16-21)25(22-17-13-10-14-18-22)32-34(7,8)28(4,5)6/h9-18,23,25-26,29H,19-20H2,1-8H3/t23-,25-,26+/m1/s1. The average molecular weight is 503 g/mol. The van der Waals surface area contributed by atoms with Crippen LogP contribution >= 0.6 is 11.8 Å². The van der Waals surface area contributed by atoms with Crippen LogP contribution in [0.1, 0.15) is 65.2 Å². The summed E-state index contributed by atoms with van der Waals surface area (Å²) in [6.45, 7) is 17.3. The second-order valence-electron chi connectivity index (χ2n) is 11.3. The van der Waals surface area contributed by atoms with Crippen molar-refractivity contribution in [2.24, 2.45) is 0 Å². The normalized spacial score (nSPS) is 15.6. The Morgan fingerprint density at radius 1 is 0.941 bits per heavy atom. The lowest BCUT2D eigenvalue weighted by Crippen LogP contribution is -2.47. The van der Waals surface area contributed by atoms with E-state index in [-0.39, 0.29) is 21.3 Å². The molecule has 0 aliphatic heterocycles. The number of rotatable bonds is 10. The Morgan fingerprint density at radius 2 is 1.47 bits per heavy atom. The van der Waals surface area contributed by atoms with Crippen LogP contribution in [0, 0.1) is 0 Å². The summed E-state index contributed by atoms with van der Waals surface area (Å²) in [6, 6.07) is 19.8. The van der Waals surface area contributed by atoms with Crippen molar-refractivity contribution < 1.29 is 19.1 Å². The first-order valence-corrected chi connectivity index (χ1v) is 15.7. The number of hydrogen-bond acceptors (Lipinski definition) is 5. The van der Waals surface area contributed by atoms with E-state index in [1.54, 1.807) is 0 Å². The summed E-state index contributed by atoms with van der Waals surface area (Å²) >= 11 is 1.26. The Morgan fingerprint density at radius 3 is 1.97 bits per heavy atom. The van der Waals surface area contributed by atoms with E-state index < -0.39 is 26.6 Å².